The summed E-state index contributed by atoms with van der Waals surface area (Å²) < 4.78 is 15.1. The Kier molecular flexibility index (Phi) is 8.58. The molecule has 0 saturated heterocycles. The molecule has 3 amide bonds. The topological polar surface area (TPSA) is 132 Å². The molecule has 2 rings (SSSR count). The van der Waals surface area contributed by atoms with Crippen LogP contribution in [0.3, 0.4) is 0 Å². The van der Waals surface area contributed by atoms with E-state index in [1.165, 1.54) is 45.4 Å². The highest BCUT2D eigenvalue weighted by molar-refractivity contribution is 6.43. The van der Waals surface area contributed by atoms with Gasteiger partial charge in [0.05, 0.1) is 20.8 Å². The monoisotopic (exact) mass is 443 g/mol. The van der Waals surface area contributed by atoms with Gasteiger partial charge in [0.15, 0.2) is 0 Å². The first-order valence-corrected chi connectivity index (χ1v) is 9.70. The molecule has 32 heavy (non-hydrogen) atoms. The van der Waals surface area contributed by atoms with Crippen LogP contribution in [0.15, 0.2) is 42.5 Å². The van der Waals surface area contributed by atoms with Crippen molar-refractivity contribution in [3.63, 3.8) is 0 Å². The third-order valence-electron chi connectivity index (χ3n) is 4.21. The van der Waals surface area contributed by atoms with Gasteiger partial charge in [-0.05, 0) is 38.1 Å². The molecule has 0 radical (unpaired) electrons. The van der Waals surface area contributed by atoms with E-state index in [9.17, 15) is 19.2 Å². The van der Waals surface area contributed by atoms with Crippen molar-refractivity contribution in [2.75, 3.05) is 31.5 Å². The number of esters is 1. The normalized spacial score (nSPS) is 11.0. The fourth-order valence-electron chi connectivity index (χ4n) is 2.57. The van der Waals surface area contributed by atoms with E-state index in [4.69, 9.17) is 14.2 Å². The largest absolute Gasteiger partial charge is 0.497 e. The number of benzene rings is 2. The highest BCUT2D eigenvalue weighted by atomic mass is 16.5. The molecule has 10 heteroatoms. The minimum absolute atomic E-state index is 0.215. The predicted molar refractivity (Wildman–Crippen MR) is 117 cm³/mol. The minimum Gasteiger partial charge on any atom is -0.497 e. The van der Waals surface area contributed by atoms with E-state index in [-0.39, 0.29) is 12.2 Å². The molecular formula is C22H25N3O7. The fourth-order valence-corrected chi connectivity index (χ4v) is 2.57. The molecule has 1 atom stereocenters. The highest BCUT2D eigenvalue weighted by Gasteiger charge is 2.18. The number of nitrogens with one attached hydrogen (secondary N) is 3. The Morgan fingerprint density at radius 3 is 1.88 bits per heavy atom. The number of hydrogen-bond acceptors (Lipinski definition) is 7. The maximum atomic E-state index is 12.2. The molecular weight excluding hydrogens is 418 g/mol. The Morgan fingerprint density at radius 1 is 0.844 bits per heavy atom. The molecule has 0 aromatic heterocycles. The molecule has 0 aliphatic rings. The molecule has 0 aliphatic carbocycles. The lowest BCUT2D eigenvalue weighted by Crippen LogP contribution is -2.39. The van der Waals surface area contributed by atoms with E-state index >= 15 is 0 Å². The van der Waals surface area contributed by atoms with Crippen LogP contribution >= 0.6 is 0 Å². The van der Waals surface area contributed by atoms with E-state index in [2.05, 4.69) is 16.0 Å². The minimum atomic E-state index is -0.903. The number of rotatable bonds is 8. The van der Waals surface area contributed by atoms with Crippen molar-refractivity contribution < 1.29 is 33.4 Å². The van der Waals surface area contributed by atoms with E-state index in [1.54, 1.807) is 25.1 Å². The standard InChI is InChI=1S/C22H25N3O7/c1-5-32-22(29)13(2)23-19(26)14-6-8-15(9-7-14)24-20(27)21(28)25-16-10-17(30-3)12-18(11-16)31-4/h6-13H,5H2,1-4H3,(H,23,26)(H,24,27)(H,25,28). The molecule has 0 aliphatic heterocycles. The van der Waals surface area contributed by atoms with Crippen LogP contribution in [-0.2, 0) is 19.1 Å². The second kappa shape index (κ2) is 11.3. The van der Waals surface area contributed by atoms with Crippen LogP contribution in [0.2, 0.25) is 0 Å². The number of carbonyl (C=O) groups excluding carboxylic acids is 4. The molecule has 0 bridgehead atoms. The van der Waals surface area contributed by atoms with Crippen LogP contribution in [-0.4, -0.2) is 50.6 Å². The number of methoxy groups -OCH3 is 2. The molecule has 1 unspecified atom stereocenters. The van der Waals surface area contributed by atoms with Gasteiger partial charge in [-0.2, -0.15) is 0 Å². The maximum Gasteiger partial charge on any atom is 0.328 e. The summed E-state index contributed by atoms with van der Waals surface area (Å²) in [5.74, 6) is -1.92. The zero-order valence-electron chi connectivity index (χ0n) is 18.2. The predicted octanol–water partition coefficient (Wildman–Crippen LogP) is 1.96. The Balaban J connectivity index is 1.97. The Labute approximate surface area is 185 Å². The van der Waals surface area contributed by atoms with E-state index in [1.807, 2.05) is 0 Å². The third kappa shape index (κ3) is 6.73. The summed E-state index contributed by atoms with van der Waals surface area (Å²) in [6, 6.07) is 9.73. The molecule has 170 valence electrons. The van der Waals surface area contributed by atoms with Crippen LogP contribution in [0.5, 0.6) is 11.5 Å². The summed E-state index contributed by atoms with van der Waals surface area (Å²) in [6.07, 6.45) is 0. The van der Waals surface area contributed by atoms with Crippen molar-refractivity contribution in [1.29, 1.82) is 0 Å². The smallest absolute Gasteiger partial charge is 0.328 e. The highest BCUT2D eigenvalue weighted by Crippen LogP contribution is 2.25. The summed E-state index contributed by atoms with van der Waals surface area (Å²) in [4.78, 5) is 48.3. The first kappa shape index (κ1) is 24.2. The molecule has 10 nitrogen and oxygen atoms in total. The van der Waals surface area contributed by atoms with Crippen molar-refractivity contribution in [2.24, 2.45) is 0 Å². The quantitative estimate of drug-likeness (QED) is 0.420. The molecule has 2 aromatic rings. The number of ether oxygens (including phenoxy) is 3. The zero-order valence-corrected chi connectivity index (χ0v) is 18.2. The van der Waals surface area contributed by atoms with Crippen molar-refractivity contribution in [3.05, 3.63) is 48.0 Å². The average molecular weight is 443 g/mol. The fraction of sp³-hybridized carbons (Fsp3) is 0.273. The summed E-state index contributed by atoms with van der Waals surface area (Å²) in [5, 5.41) is 7.43. The Bertz CT molecular complexity index is 967. The third-order valence-corrected chi connectivity index (χ3v) is 4.21. The maximum absolute atomic E-state index is 12.2. The first-order valence-electron chi connectivity index (χ1n) is 9.70. The van der Waals surface area contributed by atoms with Gasteiger partial charge in [0, 0.05) is 35.1 Å². The van der Waals surface area contributed by atoms with Gasteiger partial charge in [-0.15, -0.1) is 0 Å². The average Bonchev–Trinajstić information content (AvgIpc) is 2.79. The summed E-state index contributed by atoms with van der Waals surface area (Å²) in [7, 11) is 2.93. The lowest BCUT2D eigenvalue weighted by Gasteiger charge is -2.13. The summed E-state index contributed by atoms with van der Waals surface area (Å²) in [6.45, 7) is 3.40. The van der Waals surface area contributed by atoms with E-state index < -0.39 is 29.7 Å². The second-order valence-electron chi connectivity index (χ2n) is 6.53. The number of anilines is 2. The van der Waals surface area contributed by atoms with Crippen molar-refractivity contribution in [1.82, 2.24) is 5.32 Å². The van der Waals surface area contributed by atoms with E-state index in [0.717, 1.165) is 0 Å². The Hall–Kier alpha value is -4.08. The number of amides is 3. The van der Waals surface area contributed by atoms with Crippen molar-refractivity contribution >= 4 is 35.1 Å². The van der Waals surface area contributed by atoms with Gasteiger partial charge in [-0.1, -0.05) is 0 Å². The zero-order chi connectivity index (χ0) is 23.7. The van der Waals surface area contributed by atoms with Gasteiger partial charge >= 0.3 is 17.8 Å². The summed E-state index contributed by atoms with van der Waals surface area (Å²) >= 11 is 0. The van der Waals surface area contributed by atoms with Crippen LogP contribution < -0.4 is 25.4 Å². The molecule has 0 fully saturated rings. The summed E-state index contributed by atoms with van der Waals surface area (Å²) in [5.41, 5.74) is 0.902. The van der Waals surface area contributed by atoms with Gasteiger partial charge in [0.25, 0.3) is 5.91 Å². The van der Waals surface area contributed by atoms with Gasteiger partial charge in [-0.25, -0.2) is 4.79 Å². The van der Waals surface area contributed by atoms with Gasteiger partial charge in [0.2, 0.25) is 0 Å². The van der Waals surface area contributed by atoms with Gasteiger partial charge in [-0.3, -0.25) is 14.4 Å². The van der Waals surface area contributed by atoms with Crippen LogP contribution in [0.1, 0.15) is 24.2 Å². The van der Waals surface area contributed by atoms with Crippen LogP contribution in [0.25, 0.3) is 0 Å². The van der Waals surface area contributed by atoms with Crippen LogP contribution in [0.4, 0.5) is 11.4 Å². The first-order chi connectivity index (χ1) is 15.3. The lowest BCUT2D eigenvalue weighted by molar-refractivity contribution is -0.144. The number of carbonyl (C=O) groups is 4. The van der Waals surface area contributed by atoms with Crippen LogP contribution in [0, 0.1) is 0 Å². The van der Waals surface area contributed by atoms with Crippen molar-refractivity contribution in [2.45, 2.75) is 19.9 Å². The van der Waals surface area contributed by atoms with Crippen molar-refractivity contribution in [3.8, 4) is 11.5 Å². The molecule has 3 N–H and O–H groups in total. The van der Waals surface area contributed by atoms with E-state index in [0.29, 0.717) is 22.9 Å². The Morgan fingerprint density at radius 2 is 1.38 bits per heavy atom. The SMILES string of the molecule is CCOC(=O)C(C)NC(=O)c1ccc(NC(=O)C(=O)Nc2cc(OC)cc(OC)c2)cc1. The lowest BCUT2D eigenvalue weighted by atomic mass is 10.2. The molecule has 2 aromatic carbocycles. The number of hydrogen-bond donors (Lipinski definition) is 3. The second-order valence-corrected chi connectivity index (χ2v) is 6.53. The molecule has 0 spiro atoms. The van der Waals surface area contributed by atoms with Gasteiger partial charge < -0.3 is 30.2 Å². The molecule has 0 saturated carbocycles. The van der Waals surface area contributed by atoms with Gasteiger partial charge in [0.1, 0.15) is 17.5 Å². The molecule has 0 heterocycles.